The number of hydrogen-bond acceptors (Lipinski definition) is 4. The van der Waals surface area contributed by atoms with Crippen molar-refractivity contribution in [1.29, 1.82) is 0 Å². The van der Waals surface area contributed by atoms with Gasteiger partial charge in [-0.1, -0.05) is 6.07 Å². The van der Waals surface area contributed by atoms with Gasteiger partial charge in [0.25, 0.3) is 0 Å². The molecule has 2 rings (SSSR count). The highest BCUT2D eigenvalue weighted by Gasteiger charge is 2.14. The van der Waals surface area contributed by atoms with E-state index in [1.807, 2.05) is 18.2 Å². The average molecular weight is 284 g/mol. The molecule has 0 amide bonds. The third-order valence-electron chi connectivity index (χ3n) is 3.15. The largest absolute Gasteiger partial charge is 0.384 e. The minimum absolute atomic E-state index is 0.0303. The maximum atomic E-state index is 11.8. The predicted octanol–water partition coefficient (Wildman–Crippen LogP) is 1.67. The minimum Gasteiger partial charge on any atom is -0.384 e. The Balaban J connectivity index is 2.06. The van der Waals surface area contributed by atoms with Crippen LogP contribution in [0, 0.1) is 0 Å². The molecule has 1 N–H and O–H groups in total. The molecule has 0 unspecified atom stereocenters. The zero-order valence-electron chi connectivity index (χ0n) is 11.1. The number of methoxy groups -OCH3 is 1. The number of nitrogens with zero attached hydrogens (tertiary/aromatic N) is 1. The molecule has 0 spiro atoms. The average Bonchev–Trinajstić information content (AvgIpc) is 2.90. The minimum atomic E-state index is -3.33. The van der Waals surface area contributed by atoms with E-state index in [1.54, 1.807) is 6.07 Å². The summed E-state index contributed by atoms with van der Waals surface area (Å²) in [7, 11) is -1.84. The van der Waals surface area contributed by atoms with Gasteiger partial charge in [-0.25, -0.2) is 8.42 Å². The van der Waals surface area contributed by atoms with Gasteiger partial charge in [0.05, 0.1) is 18.0 Å². The molecule has 1 aliphatic rings. The van der Waals surface area contributed by atoms with Crippen molar-refractivity contribution in [3.63, 3.8) is 0 Å². The summed E-state index contributed by atoms with van der Waals surface area (Å²) in [5.41, 5.74) is 1.69. The first-order valence-corrected chi connectivity index (χ1v) is 8.10. The second kappa shape index (κ2) is 6.25. The van der Waals surface area contributed by atoms with Gasteiger partial charge in [0, 0.05) is 25.9 Å². The van der Waals surface area contributed by atoms with E-state index in [2.05, 4.69) is 9.62 Å². The van der Waals surface area contributed by atoms with Gasteiger partial charge in [-0.05, 0) is 31.0 Å². The number of sulfonamides is 1. The summed E-state index contributed by atoms with van der Waals surface area (Å²) < 4.78 is 30.9. The Bertz CT molecular complexity index is 510. The van der Waals surface area contributed by atoms with Gasteiger partial charge < -0.3 is 9.64 Å². The van der Waals surface area contributed by atoms with Crippen LogP contribution in [0.5, 0.6) is 0 Å². The van der Waals surface area contributed by atoms with Crippen LogP contribution in [0.25, 0.3) is 0 Å². The van der Waals surface area contributed by atoms with Crippen molar-refractivity contribution in [3.8, 4) is 0 Å². The van der Waals surface area contributed by atoms with Crippen molar-refractivity contribution in [2.24, 2.45) is 0 Å². The Morgan fingerprint density at radius 2 is 2.05 bits per heavy atom. The van der Waals surface area contributed by atoms with E-state index >= 15 is 0 Å². The first kappa shape index (κ1) is 14.1. The highest BCUT2D eigenvalue weighted by atomic mass is 32.2. The summed E-state index contributed by atoms with van der Waals surface area (Å²) in [5, 5.41) is 0. The van der Waals surface area contributed by atoms with Crippen LogP contribution in [0.4, 0.5) is 11.4 Å². The van der Waals surface area contributed by atoms with Gasteiger partial charge in [-0.2, -0.15) is 0 Å². The van der Waals surface area contributed by atoms with Gasteiger partial charge >= 0.3 is 0 Å². The Labute approximate surface area is 114 Å². The van der Waals surface area contributed by atoms with Crippen LogP contribution in [0.3, 0.4) is 0 Å². The van der Waals surface area contributed by atoms with Gasteiger partial charge in [0.2, 0.25) is 10.0 Å². The zero-order chi connectivity index (χ0) is 13.7. The lowest BCUT2D eigenvalue weighted by atomic mass is 10.2. The van der Waals surface area contributed by atoms with E-state index in [0.717, 1.165) is 18.8 Å². The van der Waals surface area contributed by atoms with E-state index in [-0.39, 0.29) is 12.4 Å². The van der Waals surface area contributed by atoms with Crippen LogP contribution >= 0.6 is 0 Å². The second-order valence-electron chi connectivity index (χ2n) is 4.66. The zero-order valence-corrected chi connectivity index (χ0v) is 11.9. The molecule has 1 saturated heterocycles. The molecule has 106 valence electrons. The van der Waals surface area contributed by atoms with E-state index in [1.165, 1.54) is 20.0 Å². The lowest BCUT2D eigenvalue weighted by Crippen LogP contribution is -2.21. The number of rotatable bonds is 6. The molecule has 19 heavy (non-hydrogen) atoms. The lowest BCUT2D eigenvalue weighted by molar-refractivity contribution is 0.217. The van der Waals surface area contributed by atoms with Gasteiger partial charge in [-0.15, -0.1) is 0 Å². The number of nitrogens with one attached hydrogen (secondary N) is 1. The van der Waals surface area contributed by atoms with Gasteiger partial charge in [0.15, 0.2) is 0 Å². The lowest BCUT2D eigenvalue weighted by Gasteiger charge is -2.18. The number of benzene rings is 1. The van der Waals surface area contributed by atoms with E-state index in [9.17, 15) is 8.42 Å². The Morgan fingerprint density at radius 1 is 1.32 bits per heavy atom. The van der Waals surface area contributed by atoms with Gasteiger partial charge in [-0.3, -0.25) is 4.72 Å². The van der Waals surface area contributed by atoms with E-state index in [0.29, 0.717) is 5.69 Å². The van der Waals surface area contributed by atoms with Crippen LogP contribution in [0.2, 0.25) is 0 Å². The molecule has 1 heterocycles. The summed E-state index contributed by atoms with van der Waals surface area (Å²) in [6, 6.07) is 7.54. The highest BCUT2D eigenvalue weighted by Crippen LogP contribution is 2.23. The molecule has 0 bridgehead atoms. The molecule has 0 radical (unpaired) electrons. The second-order valence-corrected chi connectivity index (χ2v) is 6.50. The summed E-state index contributed by atoms with van der Waals surface area (Å²) >= 11 is 0. The maximum Gasteiger partial charge on any atom is 0.235 e. The fourth-order valence-electron chi connectivity index (χ4n) is 2.17. The summed E-state index contributed by atoms with van der Waals surface area (Å²) in [6.45, 7) is 2.28. The van der Waals surface area contributed by atoms with Crippen molar-refractivity contribution < 1.29 is 13.2 Å². The molecule has 0 aromatic heterocycles. The third kappa shape index (κ3) is 4.11. The smallest absolute Gasteiger partial charge is 0.235 e. The molecule has 5 nitrogen and oxygen atoms in total. The third-order valence-corrected chi connectivity index (χ3v) is 4.40. The van der Waals surface area contributed by atoms with Crippen molar-refractivity contribution in [3.05, 3.63) is 24.3 Å². The molecule has 0 aliphatic carbocycles. The van der Waals surface area contributed by atoms with Crippen LogP contribution < -0.4 is 9.62 Å². The number of ether oxygens (including phenoxy) is 1. The van der Waals surface area contributed by atoms with Crippen molar-refractivity contribution in [1.82, 2.24) is 0 Å². The first-order chi connectivity index (χ1) is 9.11. The Kier molecular flexibility index (Phi) is 4.66. The van der Waals surface area contributed by atoms with E-state index < -0.39 is 10.0 Å². The molecule has 0 atom stereocenters. The summed E-state index contributed by atoms with van der Waals surface area (Å²) in [4.78, 5) is 2.27. The molecular weight excluding hydrogens is 264 g/mol. The maximum absolute atomic E-state index is 11.8. The number of anilines is 2. The predicted molar refractivity (Wildman–Crippen MR) is 77.2 cm³/mol. The molecule has 1 aromatic rings. The SMILES string of the molecule is COCCS(=O)(=O)Nc1cccc(N2CCCC2)c1. The molecular formula is C13H20N2O3S. The van der Waals surface area contributed by atoms with Crippen molar-refractivity contribution in [2.45, 2.75) is 12.8 Å². The first-order valence-electron chi connectivity index (χ1n) is 6.45. The molecule has 1 fully saturated rings. The summed E-state index contributed by atoms with van der Waals surface area (Å²) in [6.07, 6.45) is 2.40. The fourth-order valence-corrected chi connectivity index (χ4v) is 3.14. The quantitative estimate of drug-likeness (QED) is 0.863. The summed E-state index contributed by atoms with van der Waals surface area (Å²) in [5.74, 6) is -0.0303. The van der Waals surface area contributed by atoms with Crippen molar-refractivity contribution in [2.75, 3.05) is 42.2 Å². The normalized spacial score (nSPS) is 15.7. The van der Waals surface area contributed by atoms with Crippen LogP contribution in [-0.4, -0.2) is 41.0 Å². The Hall–Kier alpha value is -1.27. The molecule has 6 heteroatoms. The van der Waals surface area contributed by atoms with Gasteiger partial charge in [0.1, 0.15) is 0 Å². The molecule has 0 saturated carbocycles. The standard InChI is InChI=1S/C13H20N2O3S/c1-18-9-10-19(16,17)14-12-5-4-6-13(11-12)15-7-2-3-8-15/h4-6,11,14H,2-3,7-10H2,1H3. The van der Waals surface area contributed by atoms with E-state index in [4.69, 9.17) is 4.74 Å². The Morgan fingerprint density at radius 3 is 2.74 bits per heavy atom. The number of hydrogen-bond donors (Lipinski definition) is 1. The topological polar surface area (TPSA) is 58.6 Å². The fraction of sp³-hybridized carbons (Fsp3) is 0.538. The highest BCUT2D eigenvalue weighted by molar-refractivity contribution is 7.92. The molecule has 1 aliphatic heterocycles. The molecule has 1 aromatic carbocycles. The van der Waals surface area contributed by atoms with Crippen molar-refractivity contribution >= 4 is 21.4 Å². The van der Waals surface area contributed by atoms with Crippen LogP contribution in [0.15, 0.2) is 24.3 Å². The van der Waals surface area contributed by atoms with Crippen LogP contribution in [-0.2, 0) is 14.8 Å². The van der Waals surface area contributed by atoms with Crippen LogP contribution in [0.1, 0.15) is 12.8 Å². The monoisotopic (exact) mass is 284 g/mol.